The molecule has 0 saturated carbocycles. The number of fused-ring (bicyclic) bond motifs is 1. The fourth-order valence-electron chi connectivity index (χ4n) is 3.77. The number of carbonyl (C=O) groups is 3. The molecule has 0 spiro atoms. The lowest BCUT2D eigenvalue weighted by Crippen LogP contribution is -2.55. The Hall–Kier alpha value is -2.87. The second-order valence-corrected chi connectivity index (χ2v) is 7.92. The van der Waals surface area contributed by atoms with E-state index in [9.17, 15) is 19.5 Å². The Bertz CT molecular complexity index is 907. The molecule has 8 heteroatoms. The van der Waals surface area contributed by atoms with Gasteiger partial charge in [-0.25, -0.2) is 4.79 Å². The number of nitrogens with zero attached hydrogens (tertiary/aromatic N) is 1. The van der Waals surface area contributed by atoms with Crippen LogP contribution in [0.2, 0.25) is 0 Å². The largest absolute Gasteiger partial charge is 0.480 e. The molecule has 3 atom stereocenters. The summed E-state index contributed by atoms with van der Waals surface area (Å²) in [6, 6.07) is 5.15. The number of aromatic amines is 1. The summed E-state index contributed by atoms with van der Waals surface area (Å²) in [4.78, 5) is 41.9. The Labute approximate surface area is 169 Å². The van der Waals surface area contributed by atoms with Crippen LogP contribution in [0.5, 0.6) is 0 Å². The summed E-state index contributed by atoms with van der Waals surface area (Å²) in [7, 11) is 0. The number of aromatic nitrogens is 1. The maximum Gasteiger partial charge on any atom is 0.326 e. The van der Waals surface area contributed by atoms with E-state index in [-0.39, 0.29) is 18.2 Å². The second kappa shape index (κ2) is 8.65. The predicted molar refractivity (Wildman–Crippen MR) is 109 cm³/mol. The first kappa shape index (κ1) is 20.9. The number of hydrogen-bond donors (Lipinski definition) is 4. The number of nitrogens with two attached hydrogens (primary N) is 1. The summed E-state index contributed by atoms with van der Waals surface area (Å²) in [6.07, 6.45) is 3.10. The Kier molecular flexibility index (Phi) is 6.22. The highest BCUT2D eigenvalue weighted by Crippen LogP contribution is 2.22. The lowest BCUT2D eigenvalue weighted by molar-refractivity contribution is -0.144. The van der Waals surface area contributed by atoms with Gasteiger partial charge >= 0.3 is 5.97 Å². The molecule has 8 nitrogen and oxygen atoms in total. The van der Waals surface area contributed by atoms with Crippen molar-refractivity contribution in [3.63, 3.8) is 0 Å². The van der Waals surface area contributed by atoms with E-state index < -0.39 is 30.0 Å². The van der Waals surface area contributed by atoms with Crippen LogP contribution in [0.15, 0.2) is 30.5 Å². The van der Waals surface area contributed by atoms with Crippen LogP contribution in [0.3, 0.4) is 0 Å². The van der Waals surface area contributed by atoms with Crippen molar-refractivity contribution in [3.05, 3.63) is 36.0 Å². The van der Waals surface area contributed by atoms with E-state index in [1.807, 2.05) is 38.1 Å². The van der Waals surface area contributed by atoms with E-state index in [2.05, 4.69) is 10.3 Å². The van der Waals surface area contributed by atoms with Crippen molar-refractivity contribution in [2.24, 2.45) is 11.7 Å². The van der Waals surface area contributed by atoms with Crippen LogP contribution in [0.1, 0.15) is 32.3 Å². The van der Waals surface area contributed by atoms with Crippen LogP contribution in [-0.2, 0) is 20.8 Å². The summed E-state index contributed by atoms with van der Waals surface area (Å²) in [6.45, 7) is 4.17. The summed E-state index contributed by atoms with van der Waals surface area (Å²) in [5, 5.41) is 13.2. The number of hydrogen-bond acceptors (Lipinski definition) is 4. The third kappa shape index (κ3) is 4.42. The van der Waals surface area contributed by atoms with Crippen molar-refractivity contribution >= 4 is 28.7 Å². The highest BCUT2D eigenvalue weighted by Gasteiger charge is 2.38. The number of benzene rings is 1. The Morgan fingerprint density at radius 2 is 2.03 bits per heavy atom. The minimum atomic E-state index is -1.11. The molecule has 3 unspecified atom stereocenters. The molecular formula is C21H28N4O4. The van der Waals surface area contributed by atoms with Gasteiger partial charge in [0.2, 0.25) is 11.8 Å². The zero-order valence-corrected chi connectivity index (χ0v) is 16.7. The minimum absolute atomic E-state index is 0.0412. The van der Waals surface area contributed by atoms with Gasteiger partial charge in [0.1, 0.15) is 12.1 Å². The van der Waals surface area contributed by atoms with Gasteiger partial charge in [-0.15, -0.1) is 0 Å². The second-order valence-electron chi connectivity index (χ2n) is 7.92. The van der Waals surface area contributed by atoms with Gasteiger partial charge in [0, 0.05) is 30.1 Å². The number of carboxylic acids is 1. The molecule has 1 saturated heterocycles. The number of para-hydroxylation sites is 1. The highest BCUT2D eigenvalue weighted by atomic mass is 16.4. The van der Waals surface area contributed by atoms with Crippen molar-refractivity contribution in [3.8, 4) is 0 Å². The molecule has 0 bridgehead atoms. The van der Waals surface area contributed by atoms with Gasteiger partial charge in [-0.3, -0.25) is 9.59 Å². The van der Waals surface area contributed by atoms with Gasteiger partial charge in [-0.05, 0) is 30.4 Å². The van der Waals surface area contributed by atoms with E-state index >= 15 is 0 Å². The van der Waals surface area contributed by atoms with E-state index in [0.29, 0.717) is 19.4 Å². The Balaban J connectivity index is 1.72. The predicted octanol–water partition coefficient (Wildman–Crippen LogP) is 1.25. The number of nitrogens with one attached hydrogen (secondary N) is 2. The number of H-pyrrole nitrogens is 1. The third-order valence-corrected chi connectivity index (χ3v) is 5.56. The summed E-state index contributed by atoms with van der Waals surface area (Å²) in [5.41, 5.74) is 7.70. The van der Waals surface area contributed by atoms with E-state index in [1.54, 1.807) is 6.20 Å². The van der Waals surface area contributed by atoms with Crippen molar-refractivity contribution in [1.82, 2.24) is 15.2 Å². The van der Waals surface area contributed by atoms with Crippen LogP contribution < -0.4 is 11.1 Å². The SMILES string of the molecule is CC(C)C(N)C(=O)N1CCCC1C(=O)NC(Cc1c[nH]c2ccccc12)C(=O)O. The molecule has 1 aromatic carbocycles. The van der Waals surface area contributed by atoms with Crippen LogP contribution in [0.4, 0.5) is 0 Å². The molecule has 1 fully saturated rings. The molecule has 1 aromatic heterocycles. The molecule has 156 valence electrons. The number of carboxylic acid groups (broad SMARTS) is 1. The van der Waals surface area contributed by atoms with Crippen LogP contribution in [0.25, 0.3) is 10.9 Å². The molecule has 1 aliphatic heterocycles. The fraction of sp³-hybridized carbons (Fsp3) is 0.476. The topological polar surface area (TPSA) is 129 Å². The molecule has 2 heterocycles. The lowest BCUT2D eigenvalue weighted by Gasteiger charge is -2.29. The fourth-order valence-corrected chi connectivity index (χ4v) is 3.77. The summed E-state index contributed by atoms with van der Waals surface area (Å²) >= 11 is 0. The van der Waals surface area contributed by atoms with Gasteiger partial charge in [-0.2, -0.15) is 0 Å². The third-order valence-electron chi connectivity index (χ3n) is 5.56. The van der Waals surface area contributed by atoms with Gasteiger partial charge in [0.15, 0.2) is 0 Å². The van der Waals surface area contributed by atoms with Crippen LogP contribution >= 0.6 is 0 Å². The average Bonchev–Trinajstić information content (AvgIpc) is 3.33. The first-order valence-electron chi connectivity index (χ1n) is 9.93. The number of aliphatic carboxylic acids is 1. The first-order valence-corrected chi connectivity index (χ1v) is 9.93. The molecule has 1 aliphatic rings. The minimum Gasteiger partial charge on any atom is -0.480 e. The first-order chi connectivity index (χ1) is 13.8. The standard InChI is InChI=1S/C21H28N4O4/c1-12(2)18(22)20(27)25-9-5-8-17(25)19(26)24-16(21(28)29)10-13-11-23-15-7-4-3-6-14(13)15/h3-4,6-7,11-12,16-18,23H,5,8-10,22H2,1-2H3,(H,24,26)(H,28,29). The van der Waals surface area contributed by atoms with Gasteiger partial charge in [0.05, 0.1) is 6.04 Å². The van der Waals surface area contributed by atoms with Crippen molar-refractivity contribution in [2.75, 3.05) is 6.54 Å². The van der Waals surface area contributed by atoms with E-state index in [4.69, 9.17) is 5.73 Å². The highest BCUT2D eigenvalue weighted by molar-refractivity contribution is 5.92. The van der Waals surface area contributed by atoms with Gasteiger partial charge in [-0.1, -0.05) is 32.0 Å². The van der Waals surface area contributed by atoms with Gasteiger partial charge in [0.25, 0.3) is 0 Å². The molecule has 3 rings (SSSR count). The number of likely N-dealkylation sites (tertiary alicyclic amines) is 1. The Morgan fingerprint density at radius 1 is 1.31 bits per heavy atom. The quantitative estimate of drug-likeness (QED) is 0.556. The van der Waals surface area contributed by atoms with Crippen molar-refractivity contribution in [2.45, 2.75) is 51.2 Å². The monoisotopic (exact) mass is 400 g/mol. The molecule has 0 aliphatic carbocycles. The van der Waals surface area contributed by atoms with Crippen LogP contribution in [-0.4, -0.2) is 57.4 Å². The number of carbonyl (C=O) groups excluding carboxylic acids is 2. The zero-order chi connectivity index (χ0) is 21.1. The molecule has 0 radical (unpaired) electrons. The van der Waals surface area contributed by atoms with Crippen molar-refractivity contribution < 1.29 is 19.5 Å². The number of amides is 2. The van der Waals surface area contributed by atoms with Gasteiger partial charge < -0.3 is 26.0 Å². The van der Waals surface area contributed by atoms with Crippen LogP contribution in [0, 0.1) is 5.92 Å². The molecule has 5 N–H and O–H groups in total. The maximum atomic E-state index is 12.8. The van der Waals surface area contributed by atoms with E-state index in [1.165, 1.54) is 4.90 Å². The zero-order valence-electron chi connectivity index (χ0n) is 16.7. The number of rotatable bonds is 7. The van der Waals surface area contributed by atoms with Crippen molar-refractivity contribution in [1.29, 1.82) is 0 Å². The maximum absolute atomic E-state index is 12.8. The lowest BCUT2D eigenvalue weighted by atomic mass is 10.0. The summed E-state index contributed by atoms with van der Waals surface area (Å²) < 4.78 is 0. The molecule has 2 aromatic rings. The average molecular weight is 400 g/mol. The molecule has 2 amide bonds. The normalized spacial score (nSPS) is 18.8. The smallest absolute Gasteiger partial charge is 0.326 e. The Morgan fingerprint density at radius 3 is 2.72 bits per heavy atom. The summed E-state index contributed by atoms with van der Waals surface area (Å²) in [5.74, 6) is -1.86. The van der Waals surface area contributed by atoms with E-state index in [0.717, 1.165) is 16.5 Å². The molecule has 29 heavy (non-hydrogen) atoms. The molecular weight excluding hydrogens is 372 g/mol.